The highest BCUT2D eigenvalue weighted by Crippen LogP contribution is 2.39. The van der Waals surface area contributed by atoms with E-state index in [2.05, 4.69) is 5.32 Å². The number of amides is 1. The number of hydrogen-bond donors (Lipinski definition) is 2. The number of nitrogens with one attached hydrogen (secondary N) is 1. The molecule has 0 aromatic carbocycles. The lowest BCUT2D eigenvalue weighted by atomic mass is 10.1. The Bertz CT molecular complexity index is 307. The van der Waals surface area contributed by atoms with E-state index in [9.17, 15) is 9.59 Å². The first-order chi connectivity index (χ1) is 9.59. The van der Waals surface area contributed by atoms with Crippen LogP contribution >= 0.6 is 21.6 Å². The van der Waals surface area contributed by atoms with E-state index in [1.54, 1.807) is 6.92 Å². The van der Waals surface area contributed by atoms with E-state index >= 15 is 0 Å². The van der Waals surface area contributed by atoms with Crippen molar-refractivity contribution in [2.24, 2.45) is 5.92 Å². The molecule has 1 saturated heterocycles. The Morgan fingerprint density at radius 1 is 1.35 bits per heavy atom. The summed E-state index contributed by atoms with van der Waals surface area (Å²) >= 11 is 0. The van der Waals surface area contributed by atoms with E-state index in [1.165, 1.54) is 18.6 Å². The van der Waals surface area contributed by atoms with Gasteiger partial charge < -0.3 is 10.4 Å². The van der Waals surface area contributed by atoms with E-state index < -0.39 is 5.97 Å². The van der Waals surface area contributed by atoms with Crippen molar-refractivity contribution in [3.05, 3.63) is 0 Å². The van der Waals surface area contributed by atoms with Gasteiger partial charge in [0.15, 0.2) is 0 Å². The third-order valence-corrected chi connectivity index (χ3v) is 6.47. The molecule has 0 bridgehead atoms. The highest BCUT2D eigenvalue weighted by molar-refractivity contribution is 8.77. The van der Waals surface area contributed by atoms with E-state index in [0.29, 0.717) is 19.4 Å². The van der Waals surface area contributed by atoms with Crippen LogP contribution < -0.4 is 5.32 Å². The molecule has 2 unspecified atom stereocenters. The van der Waals surface area contributed by atoms with Crippen molar-refractivity contribution in [1.29, 1.82) is 0 Å². The molecule has 1 amide bonds. The molecule has 0 aromatic rings. The third-order valence-electron chi connectivity index (χ3n) is 3.46. The normalized spacial score (nSPS) is 19.8. The Hall–Kier alpha value is -0.360. The van der Waals surface area contributed by atoms with Crippen molar-refractivity contribution >= 4 is 33.5 Å². The molecule has 1 aliphatic rings. The zero-order valence-electron chi connectivity index (χ0n) is 12.1. The van der Waals surface area contributed by atoms with Crippen LogP contribution in [0.5, 0.6) is 0 Å². The average Bonchev–Trinajstić information content (AvgIpc) is 2.92. The predicted octanol–water partition coefficient (Wildman–Crippen LogP) is 3.32. The predicted molar refractivity (Wildman–Crippen MR) is 86.0 cm³/mol. The van der Waals surface area contributed by atoms with Gasteiger partial charge in [-0.15, -0.1) is 0 Å². The fraction of sp³-hybridized carbons (Fsp3) is 0.857. The maximum Gasteiger partial charge on any atom is 0.306 e. The van der Waals surface area contributed by atoms with E-state index in [1.807, 2.05) is 21.6 Å². The van der Waals surface area contributed by atoms with Crippen molar-refractivity contribution in [3.8, 4) is 0 Å². The molecule has 6 heteroatoms. The minimum Gasteiger partial charge on any atom is -0.481 e. The maximum absolute atomic E-state index is 11.6. The molecule has 116 valence electrons. The molecular formula is C14H25NO3S2. The van der Waals surface area contributed by atoms with Crippen molar-refractivity contribution in [1.82, 2.24) is 5.32 Å². The molecule has 1 heterocycles. The van der Waals surface area contributed by atoms with Crippen molar-refractivity contribution in [2.75, 3.05) is 12.3 Å². The van der Waals surface area contributed by atoms with Crippen molar-refractivity contribution < 1.29 is 14.7 Å². The van der Waals surface area contributed by atoms with Crippen LogP contribution in [0.15, 0.2) is 0 Å². The number of aliphatic carboxylic acids is 1. The first-order valence-corrected chi connectivity index (χ1v) is 9.75. The van der Waals surface area contributed by atoms with E-state index in [4.69, 9.17) is 5.11 Å². The standard InChI is InChI=1S/C14H25NO3S2/c1-11(14(17)18)5-4-9-15-13(16)7-3-2-6-12-8-10-19-20-12/h11-12H,2-10H2,1H3,(H,15,16)(H,17,18). The lowest BCUT2D eigenvalue weighted by Gasteiger charge is -2.08. The van der Waals surface area contributed by atoms with Crippen LogP contribution in [-0.4, -0.2) is 34.5 Å². The number of unbranched alkanes of at least 4 members (excludes halogenated alkanes) is 1. The van der Waals surface area contributed by atoms with Crippen LogP contribution in [-0.2, 0) is 9.59 Å². The van der Waals surface area contributed by atoms with Crippen LogP contribution in [0.3, 0.4) is 0 Å². The van der Waals surface area contributed by atoms with Crippen molar-refractivity contribution in [3.63, 3.8) is 0 Å². The fourth-order valence-corrected chi connectivity index (χ4v) is 5.10. The summed E-state index contributed by atoms with van der Waals surface area (Å²) < 4.78 is 0. The molecule has 1 rings (SSSR count). The molecule has 0 saturated carbocycles. The Morgan fingerprint density at radius 3 is 2.80 bits per heavy atom. The molecule has 2 atom stereocenters. The largest absolute Gasteiger partial charge is 0.481 e. The Labute approximate surface area is 129 Å². The summed E-state index contributed by atoms with van der Waals surface area (Å²) in [5, 5.41) is 12.4. The second kappa shape index (κ2) is 10.4. The summed E-state index contributed by atoms with van der Waals surface area (Å²) in [6.45, 7) is 2.29. The topological polar surface area (TPSA) is 66.4 Å². The van der Waals surface area contributed by atoms with Gasteiger partial charge in [-0.2, -0.15) is 0 Å². The minimum absolute atomic E-state index is 0.0985. The van der Waals surface area contributed by atoms with Gasteiger partial charge in [0.05, 0.1) is 5.92 Å². The quantitative estimate of drug-likeness (QED) is 0.477. The summed E-state index contributed by atoms with van der Waals surface area (Å²) in [4.78, 5) is 22.2. The molecule has 0 aromatic heterocycles. The Morgan fingerprint density at radius 2 is 2.15 bits per heavy atom. The summed E-state index contributed by atoms with van der Waals surface area (Å²) in [6, 6.07) is 0. The summed E-state index contributed by atoms with van der Waals surface area (Å²) in [7, 11) is 3.95. The van der Waals surface area contributed by atoms with Gasteiger partial charge in [-0.3, -0.25) is 9.59 Å². The second-order valence-corrected chi connectivity index (χ2v) is 8.09. The number of carboxylic acids is 1. The van der Waals surface area contributed by atoms with E-state index in [0.717, 1.165) is 24.5 Å². The summed E-state index contributed by atoms with van der Waals surface area (Å²) in [5.41, 5.74) is 0. The Balaban J connectivity index is 1.91. The third kappa shape index (κ3) is 8.04. The zero-order valence-corrected chi connectivity index (χ0v) is 13.7. The molecule has 0 radical (unpaired) electrons. The van der Waals surface area contributed by atoms with Gasteiger partial charge in [-0.25, -0.2) is 0 Å². The highest BCUT2D eigenvalue weighted by atomic mass is 33.1. The molecule has 0 aliphatic carbocycles. The molecule has 2 N–H and O–H groups in total. The maximum atomic E-state index is 11.6. The van der Waals surface area contributed by atoms with Crippen LogP contribution in [0, 0.1) is 5.92 Å². The average molecular weight is 319 g/mol. The number of hydrogen-bond acceptors (Lipinski definition) is 4. The lowest BCUT2D eigenvalue weighted by Crippen LogP contribution is -2.24. The molecular weight excluding hydrogens is 294 g/mol. The van der Waals surface area contributed by atoms with Crippen molar-refractivity contribution in [2.45, 2.75) is 57.1 Å². The monoisotopic (exact) mass is 319 g/mol. The highest BCUT2D eigenvalue weighted by Gasteiger charge is 2.15. The van der Waals surface area contributed by atoms with Gasteiger partial charge in [-0.1, -0.05) is 34.9 Å². The van der Waals surface area contributed by atoms with Gasteiger partial charge in [0.25, 0.3) is 0 Å². The van der Waals surface area contributed by atoms with Crippen LogP contribution in [0.2, 0.25) is 0 Å². The van der Waals surface area contributed by atoms with Crippen LogP contribution in [0.25, 0.3) is 0 Å². The number of carbonyl (C=O) groups excluding carboxylic acids is 1. The molecule has 1 fully saturated rings. The summed E-state index contributed by atoms with van der Waals surface area (Å²) in [5.74, 6) is 0.277. The molecule has 1 aliphatic heterocycles. The van der Waals surface area contributed by atoms with Crippen LogP contribution in [0.4, 0.5) is 0 Å². The molecule has 4 nitrogen and oxygen atoms in total. The first kappa shape index (κ1) is 17.7. The number of carbonyl (C=O) groups is 2. The van der Waals surface area contributed by atoms with Gasteiger partial charge in [-0.05, 0) is 32.1 Å². The van der Waals surface area contributed by atoms with Gasteiger partial charge in [0.2, 0.25) is 5.91 Å². The van der Waals surface area contributed by atoms with Crippen LogP contribution in [0.1, 0.15) is 51.9 Å². The first-order valence-electron chi connectivity index (χ1n) is 7.37. The van der Waals surface area contributed by atoms with Gasteiger partial charge >= 0.3 is 5.97 Å². The van der Waals surface area contributed by atoms with Gasteiger partial charge in [0.1, 0.15) is 0 Å². The summed E-state index contributed by atoms with van der Waals surface area (Å²) in [6.07, 6.45) is 6.56. The number of rotatable bonds is 10. The minimum atomic E-state index is -0.765. The lowest BCUT2D eigenvalue weighted by molar-refractivity contribution is -0.141. The SMILES string of the molecule is CC(CCCNC(=O)CCCCC1CCSS1)C(=O)O. The zero-order chi connectivity index (χ0) is 14.8. The smallest absolute Gasteiger partial charge is 0.306 e. The number of carboxylic acid groups (broad SMARTS) is 1. The Kier molecular flexibility index (Phi) is 9.18. The second-order valence-electron chi connectivity index (χ2n) is 5.31. The molecule has 0 spiro atoms. The van der Waals surface area contributed by atoms with E-state index in [-0.39, 0.29) is 11.8 Å². The fourth-order valence-electron chi connectivity index (χ4n) is 2.07. The van der Waals surface area contributed by atoms with Gasteiger partial charge in [0, 0.05) is 24.0 Å². The molecule has 20 heavy (non-hydrogen) atoms.